The van der Waals surface area contributed by atoms with E-state index in [1.54, 1.807) is 28.5 Å². The second kappa shape index (κ2) is 12.9. The Balaban J connectivity index is 1.45. The molecule has 42 heavy (non-hydrogen) atoms. The SMILES string of the molecule is CCN1CC(=O)N[C@H]2CN(C(=O)c3csc(C)n3)CC[C@@H]2OCc2cccc(c2)Oc2cc(OC(C)C)cc(c2)C1=O. The van der Waals surface area contributed by atoms with Crippen molar-refractivity contribution in [3.8, 4) is 17.2 Å². The maximum Gasteiger partial charge on any atom is 0.273 e. The molecule has 2 atom stereocenters. The van der Waals surface area contributed by atoms with Gasteiger partial charge in [0, 0.05) is 36.6 Å². The average Bonchev–Trinajstić information content (AvgIpc) is 3.40. The number of rotatable bonds is 4. The lowest BCUT2D eigenvalue weighted by Gasteiger charge is -2.39. The van der Waals surface area contributed by atoms with Gasteiger partial charge in [-0.25, -0.2) is 4.98 Å². The van der Waals surface area contributed by atoms with E-state index in [0.717, 1.165) is 10.6 Å². The van der Waals surface area contributed by atoms with Crippen molar-refractivity contribution in [3.05, 3.63) is 69.7 Å². The Hall–Kier alpha value is -3.96. The molecule has 222 valence electrons. The predicted octanol–water partition coefficient (Wildman–Crippen LogP) is 4.42. The van der Waals surface area contributed by atoms with E-state index < -0.39 is 6.04 Å². The van der Waals surface area contributed by atoms with Crippen LogP contribution in [0.5, 0.6) is 17.2 Å². The molecule has 0 aliphatic carbocycles. The number of likely N-dealkylation sites (tertiary alicyclic amines) is 1. The number of hydrogen-bond acceptors (Lipinski definition) is 8. The first-order valence-corrected chi connectivity index (χ1v) is 15.1. The highest BCUT2D eigenvalue weighted by molar-refractivity contribution is 7.09. The maximum absolute atomic E-state index is 13.6. The second-order valence-electron chi connectivity index (χ2n) is 10.7. The second-order valence-corrected chi connectivity index (χ2v) is 11.8. The van der Waals surface area contributed by atoms with Gasteiger partial charge in [0.1, 0.15) is 22.9 Å². The van der Waals surface area contributed by atoms with Crippen LogP contribution in [0.4, 0.5) is 0 Å². The number of likely N-dealkylation sites (N-methyl/N-ethyl adjacent to an activating group) is 1. The highest BCUT2D eigenvalue weighted by Crippen LogP contribution is 2.30. The summed E-state index contributed by atoms with van der Waals surface area (Å²) in [5.74, 6) is 0.724. The Morgan fingerprint density at radius 1 is 1.19 bits per heavy atom. The summed E-state index contributed by atoms with van der Waals surface area (Å²) in [7, 11) is 0. The van der Waals surface area contributed by atoms with Gasteiger partial charge in [-0.05, 0) is 63.9 Å². The van der Waals surface area contributed by atoms with Crippen LogP contribution in [-0.2, 0) is 16.1 Å². The van der Waals surface area contributed by atoms with Gasteiger partial charge >= 0.3 is 0 Å². The molecule has 1 fully saturated rings. The minimum atomic E-state index is -0.467. The lowest BCUT2D eigenvalue weighted by atomic mass is 10.0. The molecule has 10 nitrogen and oxygen atoms in total. The van der Waals surface area contributed by atoms with Gasteiger partial charge in [-0.3, -0.25) is 14.4 Å². The molecule has 3 amide bonds. The minimum absolute atomic E-state index is 0.107. The van der Waals surface area contributed by atoms with Crippen molar-refractivity contribution in [2.24, 2.45) is 0 Å². The maximum atomic E-state index is 13.6. The van der Waals surface area contributed by atoms with Crippen molar-refractivity contribution in [2.45, 2.75) is 59.0 Å². The lowest BCUT2D eigenvalue weighted by Crippen LogP contribution is -2.58. The number of fused-ring (bicyclic) bond motifs is 5. The van der Waals surface area contributed by atoms with Crippen molar-refractivity contribution in [1.82, 2.24) is 20.1 Å². The molecular formula is C31H36N4O6S. The van der Waals surface area contributed by atoms with Crippen LogP contribution in [0.25, 0.3) is 0 Å². The van der Waals surface area contributed by atoms with Gasteiger partial charge in [0.15, 0.2) is 0 Å². The van der Waals surface area contributed by atoms with E-state index in [2.05, 4.69) is 10.3 Å². The Morgan fingerprint density at radius 3 is 2.76 bits per heavy atom. The number of aryl methyl sites for hydroxylation is 1. The Morgan fingerprint density at radius 2 is 2.02 bits per heavy atom. The van der Waals surface area contributed by atoms with Crippen molar-refractivity contribution in [1.29, 1.82) is 0 Å². The number of thiazole rings is 1. The third-order valence-electron chi connectivity index (χ3n) is 7.12. The first kappa shape index (κ1) is 29.5. The van der Waals surface area contributed by atoms with Crippen LogP contribution in [0.3, 0.4) is 0 Å². The quantitative estimate of drug-likeness (QED) is 0.478. The van der Waals surface area contributed by atoms with E-state index >= 15 is 0 Å². The largest absolute Gasteiger partial charge is 0.491 e. The summed E-state index contributed by atoms with van der Waals surface area (Å²) in [5, 5.41) is 5.63. The molecule has 3 aromatic rings. The molecule has 4 bridgehead atoms. The zero-order valence-corrected chi connectivity index (χ0v) is 25.1. The molecule has 0 radical (unpaired) electrons. The highest BCUT2D eigenvalue weighted by Gasteiger charge is 2.35. The molecule has 2 aliphatic heterocycles. The zero-order chi connectivity index (χ0) is 29.8. The molecule has 2 aromatic carbocycles. The monoisotopic (exact) mass is 592 g/mol. The number of carbonyl (C=O) groups excluding carboxylic acids is 3. The summed E-state index contributed by atoms with van der Waals surface area (Å²) in [4.78, 5) is 47.7. The highest BCUT2D eigenvalue weighted by atomic mass is 32.1. The smallest absolute Gasteiger partial charge is 0.273 e. The van der Waals surface area contributed by atoms with E-state index in [4.69, 9.17) is 14.2 Å². The third kappa shape index (κ3) is 7.08. The molecule has 0 spiro atoms. The zero-order valence-electron chi connectivity index (χ0n) is 24.3. The van der Waals surface area contributed by atoms with Gasteiger partial charge in [0.2, 0.25) is 5.91 Å². The summed E-state index contributed by atoms with van der Waals surface area (Å²) in [6.07, 6.45) is 0.0984. The molecule has 0 unspecified atom stereocenters. The number of aromatic nitrogens is 1. The van der Waals surface area contributed by atoms with E-state index in [1.807, 2.05) is 52.0 Å². The van der Waals surface area contributed by atoms with Crippen molar-refractivity contribution >= 4 is 29.1 Å². The summed E-state index contributed by atoms with van der Waals surface area (Å²) in [6.45, 7) is 8.71. The average molecular weight is 593 g/mol. The van der Waals surface area contributed by atoms with Crippen molar-refractivity contribution < 1.29 is 28.6 Å². The van der Waals surface area contributed by atoms with Gasteiger partial charge in [-0.2, -0.15) is 0 Å². The summed E-state index contributed by atoms with van der Waals surface area (Å²) < 4.78 is 18.4. The third-order valence-corrected chi connectivity index (χ3v) is 7.90. The normalized spacial score (nSPS) is 19.6. The summed E-state index contributed by atoms with van der Waals surface area (Å²) in [6, 6.07) is 12.2. The van der Waals surface area contributed by atoms with Gasteiger partial charge in [-0.15, -0.1) is 11.3 Å². The fourth-order valence-corrected chi connectivity index (χ4v) is 5.73. The van der Waals surface area contributed by atoms with Crippen LogP contribution >= 0.6 is 11.3 Å². The molecule has 1 aromatic heterocycles. The van der Waals surface area contributed by atoms with E-state index in [9.17, 15) is 14.4 Å². The number of amides is 3. The molecule has 2 aliphatic rings. The van der Waals surface area contributed by atoms with Gasteiger partial charge < -0.3 is 29.3 Å². The van der Waals surface area contributed by atoms with Crippen LogP contribution in [0.2, 0.25) is 0 Å². The number of hydrogen-bond donors (Lipinski definition) is 1. The Labute approximate surface area is 249 Å². The van der Waals surface area contributed by atoms with Gasteiger partial charge in [0.05, 0.1) is 36.4 Å². The van der Waals surface area contributed by atoms with E-state index in [1.165, 1.54) is 16.2 Å². The number of benzene rings is 2. The van der Waals surface area contributed by atoms with Crippen LogP contribution in [-0.4, -0.2) is 76.9 Å². The van der Waals surface area contributed by atoms with Crippen molar-refractivity contribution in [3.63, 3.8) is 0 Å². The van der Waals surface area contributed by atoms with E-state index in [-0.39, 0.29) is 43.0 Å². The van der Waals surface area contributed by atoms with Crippen LogP contribution in [0, 0.1) is 6.92 Å². The minimum Gasteiger partial charge on any atom is -0.491 e. The fourth-order valence-electron chi connectivity index (χ4n) is 5.14. The number of carbonyl (C=O) groups is 3. The molecule has 1 saturated heterocycles. The summed E-state index contributed by atoms with van der Waals surface area (Å²) >= 11 is 1.42. The Bertz CT molecular complexity index is 1460. The lowest BCUT2D eigenvalue weighted by molar-refractivity contribution is -0.124. The number of ether oxygens (including phenoxy) is 3. The first-order chi connectivity index (χ1) is 20.2. The molecular weight excluding hydrogens is 556 g/mol. The van der Waals surface area contributed by atoms with Crippen LogP contribution in [0.15, 0.2) is 47.8 Å². The molecule has 1 N–H and O–H groups in total. The number of piperidine rings is 1. The topological polar surface area (TPSA) is 110 Å². The van der Waals surface area contributed by atoms with Crippen LogP contribution in [0.1, 0.15) is 58.6 Å². The first-order valence-electron chi connectivity index (χ1n) is 14.2. The Kier molecular flexibility index (Phi) is 9.08. The molecule has 3 heterocycles. The van der Waals surface area contributed by atoms with Gasteiger partial charge in [0.25, 0.3) is 11.8 Å². The standard InChI is InChI=1S/C31H36N4O6S/c1-5-34-16-29(36)33-26-15-35(31(38)27-18-42-20(4)32-27)10-9-28(26)39-17-21-7-6-8-23(11-21)41-25-13-22(30(34)37)12-24(14-25)40-19(2)3/h6-8,11-14,18-19,26,28H,5,9-10,15-17H2,1-4H3,(H,33,36)/t26-,28-/m0/s1. The predicted molar refractivity (Wildman–Crippen MR) is 158 cm³/mol. The van der Waals surface area contributed by atoms with Crippen molar-refractivity contribution in [2.75, 3.05) is 26.2 Å². The number of nitrogens with one attached hydrogen (secondary N) is 1. The van der Waals surface area contributed by atoms with E-state index in [0.29, 0.717) is 54.6 Å². The fraction of sp³-hybridized carbons (Fsp3) is 0.419. The molecule has 11 heteroatoms. The van der Waals surface area contributed by atoms with Crippen LogP contribution < -0.4 is 14.8 Å². The van der Waals surface area contributed by atoms with Gasteiger partial charge in [-0.1, -0.05) is 12.1 Å². The molecule has 0 saturated carbocycles. The summed E-state index contributed by atoms with van der Waals surface area (Å²) in [5.41, 5.74) is 1.65. The molecule has 5 rings (SSSR count). The number of nitrogens with zero attached hydrogens (tertiary/aromatic N) is 3.